The van der Waals surface area contributed by atoms with Crippen LogP contribution in [0.5, 0.6) is 17.2 Å². The number of fused-ring (bicyclic) bond motifs is 4. The van der Waals surface area contributed by atoms with Gasteiger partial charge in [0.2, 0.25) is 0 Å². The molecule has 3 atom stereocenters. The minimum absolute atomic E-state index is 0.0184. The van der Waals surface area contributed by atoms with Gasteiger partial charge in [0.15, 0.2) is 0 Å². The number of aliphatic imine (C=N–C) groups is 1. The maximum atomic E-state index is 9.19. The van der Waals surface area contributed by atoms with Crippen molar-refractivity contribution in [1.29, 1.82) is 0 Å². The van der Waals surface area contributed by atoms with E-state index in [-0.39, 0.29) is 18.3 Å². The maximum Gasteiger partial charge on any atom is 0.144 e. The molecule has 3 unspecified atom stereocenters. The number of nitrogens with one attached hydrogen (secondary N) is 1. The lowest BCUT2D eigenvalue weighted by atomic mass is 9.92. The van der Waals surface area contributed by atoms with E-state index in [1.54, 1.807) is 13.2 Å². The first-order valence-electron chi connectivity index (χ1n) is 26.6. The van der Waals surface area contributed by atoms with Gasteiger partial charge in [-0.2, -0.15) is 5.10 Å². The zero-order valence-corrected chi connectivity index (χ0v) is 46.1. The minimum atomic E-state index is 0.0184. The van der Waals surface area contributed by atoms with Gasteiger partial charge in [-0.15, -0.1) is 11.3 Å². The van der Waals surface area contributed by atoms with Crippen molar-refractivity contribution < 1.29 is 24.1 Å². The summed E-state index contributed by atoms with van der Waals surface area (Å²) in [4.78, 5) is 13.7. The van der Waals surface area contributed by atoms with Gasteiger partial charge in [0.1, 0.15) is 40.9 Å². The summed E-state index contributed by atoms with van der Waals surface area (Å²) in [7, 11) is 1.71. The Hall–Kier alpha value is -5.40. The second kappa shape index (κ2) is 28.2. The number of benzene rings is 4. The van der Waals surface area contributed by atoms with Crippen molar-refractivity contribution in [3.05, 3.63) is 135 Å². The second-order valence-electron chi connectivity index (χ2n) is 19.5. The van der Waals surface area contributed by atoms with Crippen LogP contribution in [0, 0.1) is 19.8 Å². The van der Waals surface area contributed by atoms with Gasteiger partial charge in [0, 0.05) is 60.5 Å². The van der Waals surface area contributed by atoms with Crippen molar-refractivity contribution in [2.75, 3.05) is 69.5 Å². The topological polar surface area (TPSA) is 104 Å². The quantitative estimate of drug-likeness (QED) is 0.0882. The van der Waals surface area contributed by atoms with E-state index in [4.69, 9.17) is 23.9 Å². The molecule has 0 bridgehead atoms. The van der Waals surface area contributed by atoms with Crippen LogP contribution in [0.3, 0.4) is 0 Å². The van der Waals surface area contributed by atoms with Gasteiger partial charge in [-0.25, -0.2) is 0 Å². The molecule has 4 aliphatic rings. The van der Waals surface area contributed by atoms with Gasteiger partial charge in [-0.05, 0) is 155 Å². The molecule has 0 spiro atoms. The Balaban J connectivity index is 0.000000423. The molecule has 4 heterocycles. The van der Waals surface area contributed by atoms with Crippen molar-refractivity contribution in [2.45, 2.75) is 133 Å². The Morgan fingerprint density at radius 3 is 2.28 bits per heavy atom. The number of anilines is 2. The largest absolute Gasteiger partial charge is 0.508 e. The summed E-state index contributed by atoms with van der Waals surface area (Å²) in [5.74, 6) is 3.93. The van der Waals surface area contributed by atoms with Crippen molar-refractivity contribution >= 4 is 33.6 Å². The molecule has 0 saturated carbocycles. The molecule has 1 aromatic heterocycles. The van der Waals surface area contributed by atoms with E-state index in [0.717, 1.165) is 86.5 Å². The minimum Gasteiger partial charge on any atom is -0.508 e. The van der Waals surface area contributed by atoms with E-state index in [2.05, 4.69) is 129 Å². The first kappa shape index (κ1) is 55.9. The number of phenolic OH excluding ortho intramolecular Hbond substituents is 1. The van der Waals surface area contributed by atoms with Gasteiger partial charge in [0.05, 0.1) is 44.8 Å². The van der Waals surface area contributed by atoms with Crippen LogP contribution in [0.15, 0.2) is 101 Å². The van der Waals surface area contributed by atoms with Crippen LogP contribution in [0.2, 0.25) is 0 Å². The van der Waals surface area contributed by atoms with Crippen LogP contribution >= 0.6 is 11.3 Å². The zero-order valence-electron chi connectivity index (χ0n) is 45.3. The molecule has 1 fully saturated rings. The predicted octanol–water partition coefficient (Wildman–Crippen LogP) is 12.4. The Bertz CT molecular complexity index is 2480. The lowest BCUT2D eigenvalue weighted by Crippen LogP contribution is -2.45. The third-order valence-corrected chi connectivity index (χ3v) is 14.5. The van der Waals surface area contributed by atoms with Crippen LogP contribution in [0.1, 0.15) is 118 Å². The van der Waals surface area contributed by atoms with E-state index < -0.39 is 0 Å². The first-order chi connectivity index (χ1) is 34.9. The lowest BCUT2D eigenvalue weighted by Gasteiger charge is -2.26. The fraction of sp³-hybridized carbons (Fsp3) is 0.500. The fourth-order valence-corrected chi connectivity index (χ4v) is 10.6. The molecule has 1 aliphatic carbocycles. The molecular weight excluding hydrogens is 917 g/mol. The standard InChI is InChI=1S/C44H56N6O4S.C10H12O.C4H10.C2H6/c1-7-49(37-9-8-10-39(27-37)51-6)28-35-13-11-34(12-14-35)19-21-48-22-20-40(29-48)54-26-24-52-23-25-53-38-17-15-36(16-18-38)42-41-30(2)32(4)55-44(41)50-33(5)46-47-43(50)31(3)45-42;11-10-6-5-8-3-1-2-4-9(8)7-10;1-4(2)3;1-2/h8-18,27,31,40,43,47H,7,19-26,28-29H2,1-6H3;5-7,11H,1-4H2;4H,1-3H3;1-2H3. The molecule has 390 valence electrons. The van der Waals surface area contributed by atoms with Crippen molar-refractivity contribution in [3.8, 4) is 17.2 Å². The third kappa shape index (κ3) is 15.6. The summed E-state index contributed by atoms with van der Waals surface area (Å²) in [5.41, 5.74) is 14.5. The summed E-state index contributed by atoms with van der Waals surface area (Å²) >= 11 is 1.81. The van der Waals surface area contributed by atoms with E-state index in [1.165, 1.54) is 68.2 Å². The van der Waals surface area contributed by atoms with Gasteiger partial charge >= 0.3 is 0 Å². The number of rotatable bonds is 17. The Kier molecular flexibility index (Phi) is 21.9. The number of thiophene rings is 1. The third-order valence-electron chi connectivity index (χ3n) is 13.3. The fourth-order valence-electron chi connectivity index (χ4n) is 9.36. The highest BCUT2D eigenvalue weighted by atomic mass is 32.1. The highest BCUT2D eigenvalue weighted by Crippen LogP contribution is 2.42. The van der Waals surface area contributed by atoms with Gasteiger partial charge in [-0.3, -0.25) is 15.3 Å². The lowest BCUT2D eigenvalue weighted by molar-refractivity contribution is 0.00324. The summed E-state index contributed by atoms with van der Waals surface area (Å²) in [6.07, 6.45) is 7.30. The molecule has 9 rings (SSSR count). The number of nitrogens with zero attached hydrogens (tertiary/aromatic N) is 5. The molecule has 1 saturated heterocycles. The van der Waals surface area contributed by atoms with Gasteiger partial charge in [-0.1, -0.05) is 71.0 Å². The molecule has 3 aliphatic heterocycles. The summed E-state index contributed by atoms with van der Waals surface area (Å²) in [5, 5.41) is 14.9. The molecular formula is C60H84N6O5S. The number of aromatic hydroxyl groups is 1. The Morgan fingerprint density at radius 2 is 1.56 bits per heavy atom. The molecule has 2 N–H and O–H groups in total. The zero-order chi connectivity index (χ0) is 51.6. The number of amidine groups is 1. The maximum absolute atomic E-state index is 9.19. The Labute approximate surface area is 436 Å². The monoisotopic (exact) mass is 1000 g/mol. The van der Waals surface area contributed by atoms with Crippen LogP contribution in [-0.2, 0) is 35.3 Å². The number of hydrogen-bond acceptors (Lipinski definition) is 12. The molecule has 0 amide bonds. The van der Waals surface area contributed by atoms with Crippen molar-refractivity contribution in [2.24, 2.45) is 16.0 Å². The summed E-state index contributed by atoms with van der Waals surface area (Å²) in [6, 6.07) is 31.4. The number of likely N-dealkylation sites (tertiary alicyclic amines) is 1. The van der Waals surface area contributed by atoms with Crippen LogP contribution < -0.4 is 24.7 Å². The van der Waals surface area contributed by atoms with Gasteiger partial charge < -0.3 is 33.9 Å². The molecule has 0 radical (unpaired) electrons. The molecule has 5 aromatic rings. The van der Waals surface area contributed by atoms with Crippen LogP contribution in [-0.4, -0.2) is 99.6 Å². The van der Waals surface area contributed by atoms with Crippen molar-refractivity contribution in [1.82, 2.24) is 10.3 Å². The molecule has 11 nitrogen and oxygen atoms in total. The molecule has 72 heavy (non-hydrogen) atoms. The average molecular weight is 1000 g/mol. The molecule has 4 aromatic carbocycles. The van der Waals surface area contributed by atoms with Crippen LogP contribution in [0.25, 0.3) is 0 Å². The smallest absolute Gasteiger partial charge is 0.144 e. The second-order valence-corrected chi connectivity index (χ2v) is 20.7. The van der Waals surface area contributed by atoms with E-state index in [0.29, 0.717) is 32.2 Å². The highest BCUT2D eigenvalue weighted by molar-refractivity contribution is 7.17. The summed E-state index contributed by atoms with van der Waals surface area (Å²) < 4.78 is 23.5. The molecule has 12 heteroatoms. The van der Waals surface area contributed by atoms with Crippen LogP contribution in [0.4, 0.5) is 10.7 Å². The highest BCUT2D eigenvalue weighted by Gasteiger charge is 2.38. The van der Waals surface area contributed by atoms with Crippen molar-refractivity contribution in [3.63, 3.8) is 0 Å². The first-order valence-corrected chi connectivity index (χ1v) is 27.4. The summed E-state index contributed by atoms with van der Waals surface area (Å²) in [6.45, 7) is 28.4. The normalized spacial score (nSPS) is 17.8. The predicted molar refractivity (Wildman–Crippen MR) is 301 cm³/mol. The SMILES string of the molecule is CC.CC(C)C.CCN(Cc1ccc(CCN2CCC(OCCOCCOc3ccc(C4=NC(C)C5NN=C(C)N5c5sc(C)c(C)c54)cc3)C2)cc1)c1cccc(OC)c1.Oc1ccc2c(c1)CCCC2. The average Bonchev–Trinajstić information content (AvgIpc) is 4.08. The van der Waals surface area contributed by atoms with E-state index in [9.17, 15) is 5.11 Å². The number of hydrazone groups is 1. The number of ether oxygens (including phenoxy) is 4. The number of hydrogen-bond donors (Lipinski definition) is 2. The number of aryl methyl sites for hydroxylation is 3. The van der Waals surface area contributed by atoms with Gasteiger partial charge in [0.25, 0.3) is 0 Å². The number of phenols is 1. The Morgan fingerprint density at radius 1 is 0.847 bits per heavy atom. The van der Waals surface area contributed by atoms with E-state index >= 15 is 0 Å². The number of methoxy groups -OCH3 is 1. The van der Waals surface area contributed by atoms with E-state index in [1.807, 2.05) is 61.6 Å².